The summed E-state index contributed by atoms with van der Waals surface area (Å²) in [6, 6.07) is 3.80. The minimum absolute atomic E-state index is 0.684. The molecule has 0 fully saturated rings. The molecule has 0 amide bonds. The van der Waals surface area contributed by atoms with Crippen LogP contribution >= 0.6 is 0 Å². The Labute approximate surface area is 104 Å². The van der Waals surface area contributed by atoms with Crippen LogP contribution in [0.1, 0.15) is 13.8 Å². The minimum Gasteiger partial charge on any atom is -0.491 e. The van der Waals surface area contributed by atoms with Crippen molar-refractivity contribution >= 4 is 0 Å². The van der Waals surface area contributed by atoms with Crippen LogP contribution in [0.2, 0.25) is 0 Å². The average molecular weight is 237 g/mol. The lowest BCUT2D eigenvalue weighted by Gasteiger charge is -2.17. The topological polar surface area (TPSA) is 37.4 Å². The highest BCUT2D eigenvalue weighted by Crippen LogP contribution is 2.04. The summed E-state index contributed by atoms with van der Waals surface area (Å²) in [5.41, 5.74) is 0. The largest absolute Gasteiger partial charge is 0.491 e. The van der Waals surface area contributed by atoms with Crippen LogP contribution in [0.3, 0.4) is 0 Å². The van der Waals surface area contributed by atoms with Crippen LogP contribution in [0.25, 0.3) is 0 Å². The third-order valence-corrected chi connectivity index (χ3v) is 2.68. The summed E-state index contributed by atoms with van der Waals surface area (Å²) >= 11 is 0. The number of ether oxygens (including phenoxy) is 1. The van der Waals surface area contributed by atoms with E-state index in [-0.39, 0.29) is 0 Å². The van der Waals surface area contributed by atoms with E-state index in [0.29, 0.717) is 6.61 Å². The van der Waals surface area contributed by atoms with Gasteiger partial charge in [-0.3, -0.25) is 4.98 Å². The van der Waals surface area contributed by atoms with Crippen LogP contribution in [0, 0.1) is 0 Å². The summed E-state index contributed by atoms with van der Waals surface area (Å²) in [5.74, 6) is 0.832. The molecule has 0 bridgehead atoms. The van der Waals surface area contributed by atoms with E-state index in [2.05, 4.69) is 29.0 Å². The molecule has 0 saturated carbocycles. The number of hydrogen-bond acceptors (Lipinski definition) is 4. The Hall–Kier alpha value is -1.13. The molecule has 0 aliphatic carbocycles. The molecule has 0 spiro atoms. The molecule has 0 aromatic carbocycles. The summed E-state index contributed by atoms with van der Waals surface area (Å²) in [6.07, 6.45) is 3.48. The van der Waals surface area contributed by atoms with Crippen molar-refractivity contribution in [3.63, 3.8) is 0 Å². The molecule has 1 N–H and O–H groups in total. The van der Waals surface area contributed by atoms with E-state index in [1.54, 1.807) is 12.4 Å². The van der Waals surface area contributed by atoms with Gasteiger partial charge in [0, 0.05) is 25.8 Å². The van der Waals surface area contributed by atoms with Crippen molar-refractivity contribution in [1.82, 2.24) is 15.2 Å². The molecular weight excluding hydrogens is 214 g/mol. The number of aromatic nitrogens is 1. The first-order valence-corrected chi connectivity index (χ1v) is 6.32. The van der Waals surface area contributed by atoms with Crippen molar-refractivity contribution in [2.24, 2.45) is 0 Å². The summed E-state index contributed by atoms with van der Waals surface area (Å²) in [6.45, 7) is 10.3. The van der Waals surface area contributed by atoms with Crippen LogP contribution in [-0.2, 0) is 0 Å². The molecule has 0 unspecified atom stereocenters. The summed E-state index contributed by atoms with van der Waals surface area (Å²) in [4.78, 5) is 6.39. The smallest absolute Gasteiger partial charge is 0.137 e. The van der Waals surface area contributed by atoms with Crippen molar-refractivity contribution < 1.29 is 4.74 Å². The van der Waals surface area contributed by atoms with Crippen molar-refractivity contribution in [2.75, 3.05) is 39.3 Å². The molecule has 0 saturated heterocycles. The van der Waals surface area contributed by atoms with Gasteiger partial charge in [0.15, 0.2) is 0 Å². The van der Waals surface area contributed by atoms with E-state index in [4.69, 9.17) is 4.74 Å². The van der Waals surface area contributed by atoms with Crippen molar-refractivity contribution in [3.8, 4) is 5.75 Å². The molecule has 0 aliphatic heterocycles. The lowest BCUT2D eigenvalue weighted by atomic mass is 10.4. The highest BCUT2D eigenvalue weighted by molar-refractivity contribution is 5.15. The summed E-state index contributed by atoms with van der Waals surface area (Å²) in [5, 5.41) is 3.37. The van der Waals surface area contributed by atoms with Crippen molar-refractivity contribution in [3.05, 3.63) is 24.5 Å². The molecule has 1 aromatic heterocycles. The standard InChI is InChI=1S/C13H23N3O/c1-3-16(4-2)10-8-14-9-11-17-13-6-5-7-15-12-13/h5-7,12,14H,3-4,8-11H2,1-2H3. The van der Waals surface area contributed by atoms with E-state index < -0.39 is 0 Å². The number of hydrogen-bond donors (Lipinski definition) is 1. The fourth-order valence-electron chi connectivity index (χ4n) is 1.58. The number of nitrogens with zero attached hydrogens (tertiary/aromatic N) is 2. The first-order valence-electron chi connectivity index (χ1n) is 6.32. The summed E-state index contributed by atoms with van der Waals surface area (Å²) in [7, 11) is 0. The first kappa shape index (κ1) is 13.9. The number of rotatable bonds is 9. The van der Waals surface area contributed by atoms with Crippen molar-refractivity contribution in [2.45, 2.75) is 13.8 Å². The van der Waals surface area contributed by atoms with Gasteiger partial charge < -0.3 is 15.0 Å². The Morgan fingerprint density at radius 1 is 1.29 bits per heavy atom. The Morgan fingerprint density at radius 3 is 2.76 bits per heavy atom. The lowest BCUT2D eigenvalue weighted by molar-refractivity contribution is 0.285. The van der Waals surface area contributed by atoms with Gasteiger partial charge in [-0.05, 0) is 25.2 Å². The maximum Gasteiger partial charge on any atom is 0.137 e. The van der Waals surface area contributed by atoms with Gasteiger partial charge in [-0.2, -0.15) is 0 Å². The van der Waals surface area contributed by atoms with Crippen LogP contribution in [-0.4, -0.2) is 49.2 Å². The molecule has 1 rings (SSSR count). The second kappa shape index (κ2) is 8.96. The van der Waals surface area contributed by atoms with Gasteiger partial charge >= 0.3 is 0 Å². The fraction of sp³-hybridized carbons (Fsp3) is 0.615. The van der Waals surface area contributed by atoms with E-state index in [1.165, 1.54) is 0 Å². The van der Waals surface area contributed by atoms with Gasteiger partial charge in [0.25, 0.3) is 0 Å². The van der Waals surface area contributed by atoms with E-state index in [1.807, 2.05) is 12.1 Å². The van der Waals surface area contributed by atoms with Gasteiger partial charge in [0.1, 0.15) is 12.4 Å². The van der Waals surface area contributed by atoms with E-state index >= 15 is 0 Å². The predicted octanol–water partition coefficient (Wildman–Crippen LogP) is 1.39. The second-order valence-corrected chi connectivity index (χ2v) is 3.81. The molecule has 17 heavy (non-hydrogen) atoms. The Morgan fingerprint density at radius 2 is 2.12 bits per heavy atom. The third kappa shape index (κ3) is 6.24. The van der Waals surface area contributed by atoms with Gasteiger partial charge in [-0.1, -0.05) is 13.8 Å². The lowest BCUT2D eigenvalue weighted by Crippen LogP contribution is -2.33. The molecule has 1 heterocycles. The molecule has 4 nitrogen and oxygen atoms in total. The molecule has 0 aliphatic rings. The zero-order valence-corrected chi connectivity index (χ0v) is 10.9. The van der Waals surface area contributed by atoms with Crippen LogP contribution in [0.4, 0.5) is 0 Å². The average Bonchev–Trinajstić information content (AvgIpc) is 2.39. The molecule has 0 atom stereocenters. The highest BCUT2D eigenvalue weighted by atomic mass is 16.5. The van der Waals surface area contributed by atoms with Gasteiger partial charge in [-0.15, -0.1) is 0 Å². The second-order valence-electron chi connectivity index (χ2n) is 3.81. The number of pyridine rings is 1. The molecule has 96 valence electrons. The Bertz CT molecular complexity index is 275. The molecule has 0 radical (unpaired) electrons. The summed E-state index contributed by atoms with van der Waals surface area (Å²) < 4.78 is 5.53. The maximum absolute atomic E-state index is 5.53. The van der Waals surface area contributed by atoms with Gasteiger partial charge in [-0.25, -0.2) is 0 Å². The minimum atomic E-state index is 0.684. The molecule has 4 heteroatoms. The SMILES string of the molecule is CCN(CC)CCNCCOc1cccnc1. The zero-order valence-electron chi connectivity index (χ0n) is 10.9. The fourth-order valence-corrected chi connectivity index (χ4v) is 1.58. The normalized spacial score (nSPS) is 10.8. The van der Waals surface area contributed by atoms with Gasteiger partial charge in [0.05, 0.1) is 6.20 Å². The number of nitrogens with one attached hydrogen (secondary N) is 1. The third-order valence-electron chi connectivity index (χ3n) is 2.68. The maximum atomic E-state index is 5.53. The van der Waals surface area contributed by atoms with Crippen LogP contribution in [0.15, 0.2) is 24.5 Å². The molecule has 1 aromatic rings. The van der Waals surface area contributed by atoms with E-state index in [0.717, 1.165) is 38.5 Å². The Balaban J connectivity index is 1.98. The number of likely N-dealkylation sites (N-methyl/N-ethyl adjacent to an activating group) is 1. The van der Waals surface area contributed by atoms with Crippen LogP contribution in [0.5, 0.6) is 5.75 Å². The zero-order chi connectivity index (χ0) is 12.3. The van der Waals surface area contributed by atoms with Gasteiger partial charge in [0.2, 0.25) is 0 Å². The van der Waals surface area contributed by atoms with Crippen molar-refractivity contribution in [1.29, 1.82) is 0 Å². The predicted molar refractivity (Wildman–Crippen MR) is 70.4 cm³/mol. The molecular formula is C13H23N3O. The quantitative estimate of drug-likeness (QED) is 0.659. The van der Waals surface area contributed by atoms with E-state index in [9.17, 15) is 0 Å². The Kier molecular flexibility index (Phi) is 7.34. The highest BCUT2D eigenvalue weighted by Gasteiger charge is 1.97. The first-order chi connectivity index (χ1) is 8.36. The van der Waals surface area contributed by atoms with Crippen LogP contribution < -0.4 is 10.1 Å². The monoisotopic (exact) mass is 237 g/mol.